The zero-order valence-corrected chi connectivity index (χ0v) is 14.3. The van der Waals surface area contributed by atoms with Gasteiger partial charge in [-0.3, -0.25) is 4.79 Å². The van der Waals surface area contributed by atoms with Crippen molar-refractivity contribution in [2.24, 2.45) is 5.92 Å². The van der Waals surface area contributed by atoms with Crippen LogP contribution in [-0.4, -0.2) is 43.6 Å². The van der Waals surface area contributed by atoms with Gasteiger partial charge in [-0.1, -0.05) is 0 Å². The van der Waals surface area contributed by atoms with E-state index in [1.54, 1.807) is 7.11 Å². The summed E-state index contributed by atoms with van der Waals surface area (Å²) in [7, 11) is 1.63. The smallest absolute Gasteiger partial charge is 0.251 e. The second-order valence-corrected chi connectivity index (χ2v) is 7.19. The molecule has 2 fully saturated rings. The van der Waals surface area contributed by atoms with Gasteiger partial charge in [0.25, 0.3) is 5.91 Å². The topological polar surface area (TPSA) is 50.8 Å². The van der Waals surface area contributed by atoms with Gasteiger partial charge >= 0.3 is 0 Å². The van der Waals surface area contributed by atoms with E-state index in [1.807, 2.05) is 35.7 Å². The number of ether oxygens (including phenoxy) is 2. The second-order valence-electron chi connectivity index (χ2n) is 6.32. The maximum Gasteiger partial charge on any atom is 0.251 e. The number of fused-ring (bicyclic) bond motifs is 2. The molecular formula is C18H20N2O3S. The quantitative estimate of drug-likeness (QED) is 0.906. The van der Waals surface area contributed by atoms with E-state index in [2.05, 4.69) is 10.2 Å². The van der Waals surface area contributed by atoms with E-state index in [0.29, 0.717) is 23.3 Å². The number of thiophene rings is 1. The van der Waals surface area contributed by atoms with E-state index < -0.39 is 0 Å². The number of nitrogens with one attached hydrogen (secondary N) is 1. The first-order valence-corrected chi connectivity index (χ1v) is 9.03. The predicted octanol–water partition coefficient (Wildman–Crippen LogP) is 2.98. The van der Waals surface area contributed by atoms with E-state index in [4.69, 9.17) is 9.47 Å². The van der Waals surface area contributed by atoms with Gasteiger partial charge in [-0.05, 0) is 43.1 Å². The molecule has 24 heavy (non-hydrogen) atoms. The first-order chi connectivity index (χ1) is 11.7. The van der Waals surface area contributed by atoms with Crippen LogP contribution in [0.1, 0.15) is 16.8 Å². The summed E-state index contributed by atoms with van der Waals surface area (Å²) < 4.78 is 10.9. The molecule has 126 valence electrons. The van der Waals surface area contributed by atoms with Crippen LogP contribution < -0.4 is 14.8 Å². The highest BCUT2D eigenvalue weighted by Gasteiger charge is 2.38. The summed E-state index contributed by atoms with van der Waals surface area (Å²) in [5.41, 5.74) is 0.670. The number of carbonyl (C=O) groups is 1. The lowest BCUT2D eigenvalue weighted by atomic mass is 9.99. The fourth-order valence-electron chi connectivity index (χ4n) is 3.45. The molecule has 0 radical (unpaired) electrons. The number of rotatable bonds is 5. The van der Waals surface area contributed by atoms with E-state index in [9.17, 15) is 4.79 Å². The molecule has 2 bridgehead atoms. The standard InChI is InChI=1S/C18H20N2O3S/c1-22-15-8-17(24-11-15)23-14-4-2-12(3-5-14)18(21)19-16-10-20-7-6-13(16)9-20/h2-5,8,11,13,16H,6-7,9-10H2,1H3,(H,19,21)/t13-,16?/m0/s1. The number of hydrogen-bond donors (Lipinski definition) is 1. The number of nitrogens with zero attached hydrogens (tertiary/aromatic N) is 1. The monoisotopic (exact) mass is 344 g/mol. The van der Waals surface area contributed by atoms with Gasteiger partial charge in [0.1, 0.15) is 11.5 Å². The minimum absolute atomic E-state index is 0.00177. The summed E-state index contributed by atoms with van der Waals surface area (Å²) >= 11 is 1.48. The Kier molecular flexibility index (Phi) is 4.16. The van der Waals surface area contributed by atoms with Gasteiger partial charge in [0, 0.05) is 36.1 Å². The molecule has 2 aliphatic heterocycles. The Balaban J connectivity index is 1.37. The third-order valence-electron chi connectivity index (χ3n) is 4.77. The van der Waals surface area contributed by atoms with Crippen LogP contribution >= 0.6 is 11.3 Å². The van der Waals surface area contributed by atoms with Crippen molar-refractivity contribution in [2.75, 3.05) is 26.7 Å². The molecule has 3 atom stereocenters. The van der Waals surface area contributed by atoms with Crippen molar-refractivity contribution in [3.05, 3.63) is 41.3 Å². The zero-order valence-electron chi connectivity index (χ0n) is 13.5. The lowest BCUT2D eigenvalue weighted by molar-refractivity contribution is 0.0924. The molecule has 4 rings (SSSR count). The summed E-state index contributed by atoms with van der Waals surface area (Å²) in [6.45, 7) is 3.29. The van der Waals surface area contributed by atoms with Crippen LogP contribution in [0.2, 0.25) is 0 Å². The van der Waals surface area contributed by atoms with Gasteiger partial charge in [-0.15, -0.1) is 11.3 Å². The Morgan fingerprint density at radius 1 is 1.25 bits per heavy atom. The van der Waals surface area contributed by atoms with Crippen LogP contribution in [0.5, 0.6) is 16.6 Å². The maximum absolute atomic E-state index is 12.4. The van der Waals surface area contributed by atoms with Gasteiger partial charge < -0.3 is 19.7 Å². The fraction of sp³-hybridized carbons (Fsp3) is 0.389. The Hall–Kier alpha value is -2.05. The van der Waals surface area contributed by atoms with Crippen molar-refractivity contribution in [3.63, 3.8) is 0 Å². The molecule has 0 saturated carbocycles. The van der Waals surface area contributed by atoms with Crippen LogP contribution in [0.3, 0.4) is 0 Å². The first-order valence-electron chi connectivity index (χ1n) is 8.15. The van der Waals surface area contributed by atoms with Crippen molar-refractivity contribution in [2.45, 2.75) is 12.5 Å². The van der Waals surface area contributed by atoms with Crippen molar-refractivity contribution in [1.82, 2.24) is 10.2 Å². The Labute approximate surface area is 145 Å². The van der Waals surface area contributed by atoms with Crippen molar-refractivity contribution in [3.8, 4) is 16.6 Å². The van der Waals surface area contributed by atoms with Crippen LogP contribution in [-0.2, 0) is 0 Å². The summed E-state index contributed by atoms with van der Waals surface area (Å²) in [4.78, 5) is 14.8. The van der Waals surface area contributed by atoms with E-state index in [-0.39, 0.29) is 5.91 Å². The number of carbonyl (C=O) groups excluding carboxylic acids is 1. The molecule has 6 heteroatoms. The highest BCUT2D eigenvalue weighted by Crippen LogP contribution is 2.32. The maximum atomic E-state index is 12.4. The molecule has 2 saturated heterocycles. The minimum Gasteiger partial charge on any atom is -0.496 e. The molecule has 0 spiro atoms. The number of hydrogen-bond acceptors (Lipinski definition) is 5. The second kappa shape index (κ2) is 6.45. The summed E-state index contributed by atoms with van der Waals surface area (Å²) in [6.07, 6.45) is 1.20. The van der Waals surface area contributed by atoms with Crippen LogP contribution in [0.15, 0.2) is 35.7 Å². The molecule has 2 aliphatic rings. The zero-order chi connectivity index (χ0) is 16.5. The SMILES string of the molecule is COc1csc(Oc2ccc(C(=O)NC3CN4CC[C@H]3C4)cc2)c1. The Morgan fingerprint density at radius 2 is 2.08 bits per heavy atom. The Bertz CT molecular complexity index is 728. The molecular weight excluding hydrogens is 324 g/mol. The number of piperidine rings is 1. The fourth-order valence-corrected chi connectivity index (χ4v) is 4.18. The van der Waals surface area contributed by atoms with E-state index >= 15 is 0 Å². The van der Waals surface area contributed by atoms with Gasteiger partial charge in [-0.2, -0.15) is 0 Å². The van der Waals surface area contributed by atoms with Gasteiger partial charge in [-0.25, -0.2) is 0 Å². The highest BCUT2D eigenvalue weighted by atomic mass is 32.1. The molecule has 1 amide bonds. The predicted molar refractivity (Wildman–Crippen MR) is 93.2 cm³/mol. The molecule has 2 unspecified atom stereocenters. The van der Waals surface area contributed by atoms with Crippen molar-refractivity contribution < 1.29 is 14.3 Å². The number of benzene rings is 1. The normalized spacial score (nSPS) is 24.8. The third kappa shape index (κ3) is 3.12. The summed E-state index contributed by atoms with van der Waals surface area (Å²) in [6, 6.07) is 9.40. The molecule has 1 aromatic heterocycles. The molecule has 0 aliphatic carbocycles. The molecule has 5 nitrogen and oxygen atoms in total. The summed E-state index contributed by atoms with van der Waals surface area (Å²) in [5.74, 6) is 2.11. The molecule has 1 aromatic carbocycles. The number of methoxy groups -OCH3 is 1. The van der Waals surface area contributed by atoms with Crippen molar-refractivity contribution >= 4 is 17.2 Å². The van der Waals surface area contributed by atoms with E-state index in [1.165, 1.54) is 24.3 Å². The Morgan fingerprint density at radius 3 is 2.71 bits per heavy atom. The largest absolute Gasteiger partial charge is 0.496 e. The van der Waals surface area contributed by atoms with Crippen molar-refractivity contribution in [1.29, 1.82) is 0 Å². The van der Waals surface area contributed by atoms with E-state index in [0.717, 1.165) is 23.9 Å². The van der Waals surface area contributed by atoms with Crippen LogP contribution in [0, 0.1) is 5.92 Å². The first kappa shape index (κ1) is 15.5. The molecule has 2 aromatic rings. The van der Waals surface area contributed by atoms with Gasteiger partial charge in [0.05, 0.1) is 7.11 Å². The summed E-state index contributed by atoms with van der Waals surface area (Å²) in [5, 5.41) is 5.83. The van der Waals surface area contributed by atoms with Gasteiger partial charge in [0.2, 0.25) is 0 Å². The van der Waals surface area contributed by atoms with Gasteiger partial charge in [0.15, 0.2) is 5.06 Å². The van der Waals surface area contributed by atoms with Crippen LogP contribution in [0.25, 0.3) is 0 Å². The highest BCUT2D eigenvalue weighted by molar-refractivity contribution is 7.12. The van der Waals surface area contributed by atoms with Crippen LogP contribution in [0.4, 0.5) is 0 Å². The average molecular weight is 344 g/mol. The molecule has 3 heterocycles. The lowest BCUT2D eigenvalue weighted by Crippen LogP contribution is -2.43. The average Bonchev–Trinajstić information content (AvgIpc) is 3.32. The minimum atomic E-state index is -0.00177. The third-order valence-corrected chi connectivity index (χ3v) is 5.55. The molecule has 1 N–H and O–H groups in total. The lowest BCUT2D eigenvalue weighted by Gasteiger charge is -2.23. The number of amides is 1.